The molecule has 2 bridgehead atoms. The number of hydrogen-bond acceptors (Lipinski definition) is 1. The predicted octanol–water partition coefficient (Wildman–Crippen LogP) is 2.67. The molecule has 0 heterocycles. The minimum Gasteiger partial charge on any atom is -0.303 e. The third kappa shape index (κ3) is 1.16. The van der Waals surface area contributed by atoms with Gasteiger partial charge in [-0.25, -0.2) is 0 Å². The van der Waals surface area contributed by atoms with Crippen molar-refractivity contribution < 1.29 is 4.79 Å². The Morgan fingerprint density at radius 2 is 1.45 bits per heavy atom. The Morgan fingerprint density at radius 1 is 1.00 bits per heavy atom. The Labute approximate surface area is 75.7 Å². The van der Waals surface area contributed by atoms with Gasteiger partial charge in [-0.15, -0.1) is 0 Å². The number of halogens is 1. The smallest absolute Gasteiger partial charge is 0.126 e. The zero-order valence-corrected chi connectivity index (χ0v) is 8.19. The number of carbonyl (C=O) groups excluding carboxylic acids is 1. The summed E-state index contributed by atoms with van der Waals surface area (Å²) in [6.45, 7) is 0. The van der Waals surface area contributed by atoms with Gasteiger partial charge in [-0.2, -0.15) is 0 Å². The van der Waals surface area contributed by atoms with Gasteiger partial charge in [-0.05, 0) is 38.5 Å². The molecule has 3 saturated carbocycles. The van der Waals surface area contributed by atoms with Gasteiger partial charge >= 0.3 is 0 Å². The van der Waals surface area contributed by atoms with E-state index in [0.717, 1.165) is 19.3 Å². The van der Waals surface area contributed by atoms with Gasteiger partial charge in [0, 0.05) is 9.74 Å². The molecular formula is C9H13BrO. The van der Waals surface area contributed by atoms with Crippen LogP contribution >= 0.6 is 15.9 Å². The Kier molecular flexibility index (Phi) is 1.64. The van der Waals surface area contributed by atoms with Crippen molar-refractivity contribution in [1.29, 1.82) is 0 Å². The highest BCUT2D eigenvalue weighted by atomic mass is 79.9. The summed E-state index contributed by atoms with van der Waals surface area (Å²) in [5, 5.41) is 0. The molecule has 3 aliphatic carbocycles. The number of alkyl halides is 1. The molecule has 3 rings (SSSR count). The normalized spacial score (nSPS) is 49.2. The van der Waals surface area contributed by atoms with Gasteiger partial charge < -0.3 is 4.79 Å². The molecule has 0 aromatic heterocycles. The average molecular weight is 217 g/mol. The first-order chi connectivity index (χ1) is 5.18. The van der Waals surface area contributed by atoms with Crippen LogP contribution in [0.2, 0.25) is 0 Å². The summed E-state index contributed by atoms with van der Waals surface area (Å²) >= 11 is 3.77. The topological polar surface area (TPSA) is 17.1 Å². The molecule has 0 amide bonds. The van der Waals surface area contributed by atoms with Crippen LogP contribution in [0.25, 0.3) is 0 Å². The fraction of sp³-hybridized carbons (Fsp3) is 0.889. The molecule has 2 heteroatoms. The zero-order chi connectivity index (χ0) is 7.95. The first kappa shape index (κ1) is 7.78. The fourth-order valence-corrected chi connectivity index (χ4v) is 2.94. The minimum absolute atomic E-state index is 0.0928. The number of fused-ring (bicyclic) bond motifs is 3. The van der Waals surface area contributed by atoms with Crippen LogP contribution in [0.4, 0.5) is 0 Å². The molecule has 0 atom stereocenters. The predicted molar refractivity (Wildman–Crippen MR) is 47.9 cm³/mol. The van der Waals surface area contributed by atoms with Crippen molar-refractivity contribution in [3.63, 3.8) is 0 Å². The maximum atomic E-state index is 10.8. The van der Waals surface area contributed by atoms with Crippen LogP contribution in [-0.4, -0.2) is 10.6 Å². The number of hydrogen-bond donors (Lipinski definition) is 0. The van der Waals surface area contributed by atoms with E-state index in [4.69, 9.17) is 0 Å². The van der Waals surface area contributed by atoms with E-state index in [0.29, 0.717) is 4.32 Å². The Bertz CT molecular complexity index is 163. The molecule has 11 heavy (non-hydrogen) atoms. The highest BCUT2D eigenvalue weighted by Gasteiger charge is 2.47. The lowest BCUT2D eigenvalue weighted by molar-refractivity contribution is -0.120. The molecule has 0 aromatic carbocycles. The maximum Gasteiger partial charge on any atom is 0.126 e. The van der Waals surface area contributed by atoms with Crippen molar-refractivity contribution in [2.45, 2.75) is 42.8 Å². The van der Waals surface area contributed by atoms with Gasteiger partial charge in [0.05, 0.1) is 0 Å². The molecule has 62 valence electrons. The molecule has 3 fully saturated rings. The highest BCUT2D eigenvalue weighted by molar-refractivity contribution is 9.10. The molecule has 0 aromatic rings. The first-order valence-corrected chi connectivity index (χ1v) is 5.13. The maximum absolute atomic E-state index is 10.8. The quantitative estimate of drug-likeness (QED) is 0.487. The van der Waals surface area contributed by atoms with Crippen molar-refractivity contribution in [3.05, 3.63) is 0 Å². The second-order valence-electron chi connectivity index (χ2n) is 4.13. The summed E-state index contributed by atoms with van der Waals surface area (Å²) in [5.41, 5.74) is 0.0928. The van der Waals surface area contributed by atoms with E-state index in [-0.39, 0.29) is 5.41 Å². The van der Waals surface area contributed by atoms with Crippen LogP contribution < -0.4 is 0 Å². The standard InChI is InChI=1S/C9H13BrO/c10-9-4-1-8(7-11,2-5-9)3-6-9/h7H,1-6H2. The average Bonchev–Trinajstić information content (AvgIpc) is 2.07. The van der Waals surface area contributed by atoms with Gasteiger partial charge in [0.25, 0.3) is 0 Å². The number of carbonyl (C=O) groups is 1. The second-order valence-corrected chi connectivity index (χ2v) is 5.81. The van der Waals surface area contributed by atoms with E-state index >= 15 is 0 Å². The van der Waals surface area contributed by atoms with Crippen molar-refractivity contribution in [3.8, 4) is 0 Å². The molecular weight excluding hydrogens is 204 g/mol. The summed E-state index contributed by atoms with van der Waals surface area (Å²) in [6.07, 6.45) is 8.15. The highest BCUT2D eigenvalue weighted by Crippen LogP contribution is 2.54. The van der Waals surface area contributed by atoms with E-state index in [9.17, 15) is 4.79 Å². The van der Waals surface area contributed by atoms with Crippen molar-refractivity contribution >= 4 is 22.2 Å². The molecule has 1 nitrogen and oxygen atoms in total. The second kappa shape index (κ2) is 2.32. The third-order valence-corrected chi connectivity index (χ3v) is 4.65. The van der Waals surface area contributed by atoms with Gasteiger partial charge in [0.1, 0.15) is 6.29 Å². The summed E-state index contributed by atoms with van der Waals surface area (Å²) < 4.78 is 0.414. The molecule has 3 aliphatic rings. The van der Waals surface area contributed by atoms with Crippen molar-refractivity contribution in [2.75, 3.05) is 0 Å². The Hall–Kier alpha value is 0.150. The van der Waals surface area contributed by atoms with E-state index in [1.54, 1.807) is 0 Å². The minimum atomic E-state index is 0.0928. The van der Waals surface area contributed by atoms with Crippen molar-refractivity contribution in [2.24, 2.45) is 5.41 Å². The number of aldehydes is 1. The van der Waals surface area contributed by atoms with E-state index in [2.05, 4.69) is 15.9 Å². The lowest BCUT2D eigenvalue weighted by Gasteiger charge is -2.48. The first-order valence-electron chi connectivity index (χ1n) is 4.33. The van der Waals surface area contributed by atoms with Crippen LogP contribution in [0, 0.1) is 5.41 Å². The molecule has 0 unspecified atom stereocenters. The summed E-state index contributed by atoms with van der Waals surface area (Å²) in [5.74, 6) is 0. The molecule has 0 radical (unpaired) electrons. The fourth-order valence-electron chi connectivity index (χ4n) is 2.35. The Balaban J connectivity index is 2.18. The molecule has 0 N–H and O–H groups in total. The summed E-state index contributed by atoms with van der Waals surface area (Å²) in [7, 11) is 0. The van der Waals surface area contributed by atoms with Gasteiger partial charge in [0.15, 0.2) is 0 Å². The van der Waals surface area contributed by atoms with Gasteiger partial charge in [-0.1, -0.05) is 15.9 Å². The molecule has 0 saturated heterocycles. The van der Waals surface area contributed by atoms with E-state index < -0.39 is 0 Å². The van der Waals surface area contributed by atoms with E-state index in [1.807, 2.05) is 0 Å². The lowest BCUT2D eigenvalue weighted by atomic mass is 9.61. The molecule has 0 aliphatic heterocycles. The van der Waals surface area contributed by atoms with Crippen LogP contribution in [-0.2, 0) is 4.79 Å². The van der Waals surface area contributed by atoms with Crippen LogP contribution in [0.3, 0.4) is 0 Å². The number of rotatable bonds is 1. The van der Waals surface area contributed by atoms with Crippen molar-refractivity contribution in [1.82, 2.24) is 0 Å². The van der Waals surface area contributed by atoms with Crippen LogP contribution in [0.1, 0.15) is 38.5 Å². The van der Waals surface area contributed by atoms with E-state index in [1.165, 1.54) is 25.5 Å². The summed E-state index contributed by atoms with van der Waals surface area (Å²) in [4.78, 5) is 10.8. The lowest BCUT2D eigenvalue weighted by Crippen LogP contribution is -2.42. The zero-order valence-electron chi connectivity index (χ0n) is 6.61. The summed E-state index contributed by atoms with van der Waals surface area (Å²) in [6, 6.07) is 0. The van der Waals surface area contributed by atoms with Gasteiger partial charge in [-0.3, -0.25) is 0 Å². The Morgan fingerprint density at radius 3 is 1.82 bits per heavy atom. The third-order valence-electron chi connectivity index (χ3n) is 3.46. The van der Waals surface area contributed by atoms with Crippen LogP contribution in [0.5, 0.6) is 0 Å². The molecule has 0 spiro atoms. The SMILES string of the molecule is O=CC12CCC(Br)(CC1)CC2. The van der Waals surface area contributed by atoms with Crippen LogP contribution in [0.15, 0.2) is 0 Å². The monoisotopic (exact) mass is 216 g/mol. The largest absolute Gasteiger partial charge is 0.303 e. The van der Waals surface area contributed by atoms with Gasteiger partial charge in [0.2, 0.25) is 0 Å².